The first kappa shape index (κ1) is 18.7. The summed E-state index contributed by atoms with van der Waals surface area (Å²) in [6.07, 6.45) is 1.58. The lowest BCUT2D eigenvalue weighted by molar-refractivity contribution is -0.125. The Balaban J connectivity index is 1.69. The third-order valence-corrected chi connectivity index (χ3v) is 8.17. The normalized spacial score (nSPS) is 26.5. The number of aromatic nitrogens is 2. The average Bonchev–Trinajstić information content (AvgIpc) is 2.98. The summed E-state index contributed by atoms with van der Waals surface area (Å²) in [7, 11) is 0. The zero-order chi connectivity index (χ0) is 20.6. The highest BCUT2D eigenvalue weighted by molar-refractivity contribution is 9.10. The molecule has 0 aliphatic heterocycles. The molecule has 3 aromatic rings. The zero-order valence-corrected chi connectivity index (χ0v) is 18.1. The second-order valence-electron chi connectivity index (χ2n) is 8.85. The van der Waals surface area contributed by atoms with E-state index in [1.54, 1.807) is 6.07 Å². The van der Waals surface area contributed by atoms with E-state index in [0.717, 1.165) is 28.8 Å². The van der Waals surface area contributed by atoms with Crippen LogP contribution in [0.4, 0.5) is 10.1 Å². The summed E-state index contributed by atoms with van der Waals surface area (Å²) in [5.74, 6) is -0.466. The average molecular weight is 454 g/mol. The van der Waals surface area contributed by atoms with Crippen LogP contribution in [0.1, 0.15) is 45.0 Å². The van der Waals surface area contributed by atoms with Crippen LogP contribution >= 0.6 is 15.9 Å². The molecule has 1 N–H and O–H groups in total. The molecular weight excluding hydrogens is 433 g/mol. The first-order valence-corrected chi connectivity index (χ1v) is 10.5. The molecule has 1 heterocycles. The van der Waals surface area contributed by atoms with Crippen LogP contribution in [-0.4, -0.2) is 15.9 Å². The number of nitrogens with zero attached hydrogens (tertiary/aromatic N) is 2. The highest BCUT2D eigenvalue weighted by atomic mass is 79.9. The molecule has 1 saturated carbocycles. The van der Waals surface area contributed by atoms with Gasteiger partial charge in [-0.1, -0.05) is 32.9 Å². The van der Waals surface area contributed by atoms with Gasteiger partial charge in [-0.2, -0.15) is 0 Å². The Kier molecular flexibility index (Phi) is 3.77. The number of hydrogen-bond donors (Lipinski definition) is 1. The van der Waals surface area contributed by atoms with Crippen molar-refractivity contribution in [3.63, 3.8) is 0 Å². The van der Waals surface area contributed by atoms with Crippen LogP contribution in [0.2, 0.25) is 0 Å². The Morgan fingerprint density at radius 3 is 2.34 bits per heavy atom. The van der Waals surface area contributed by atoms with E-state index in [-0.39, 0.29) is 22.6 Å². The Morgan fingerprint density at radius 2 is 1.69 bits per heavy atom. The fourth-order valence-corrected chi connectivity index (χ4v) is 5.82. The first-order chi connectivity index (χ1) is 13.7. The minimum Gasteiger partial charge on any atom is -0.324 e. The summed E-state index contributed by atoms with van der Waals surface area (Å²) in [6, 6.07) is 12.1. The van der Waals surface area contributed by atoms with E-state index in [0.29, 0.717) is 16.6 Å². The van der Waals surface area contributed by atoms with E-state index in [2.05, 4.69) is 42.0 Å². The molecule has 29 heavy (non-hydrogen) atoms. The van der Waals surface area contributed by atoms with Crippen molar-refractivity contribution in [1.82, 2.24) is 9.97 Å². The van der Waals surface area contributed by atoms with E-state index in [1.165, 1.54) is 12.1 Å². The molecule has 1 amide bonds. The maximum absolute atomic E-state index is 13.8. The van der Waals surface area contributed by atoms with Crippen molar-refractivity contribution in [3.8, 4) is 0 Å². The minimum atomic E-state index is -0.790. The summed E-state index contributed by atoms with van der Waals surface area (Å²) in [5, 5.41) is 3.04. The van der Waals surface area contributed by atoms with Crippen LogP contribution in [0.3, 0.4) is 0 Å². The molecule has 2 aliphatic carbocycles. The number of rotatable bonds is 2. The maximum Gasteiger partial charge on any atom is 0.237 e. The number of fused-ring (bicyclic) bond motifs is 6. The summed E-state index contributed by atoms with van der Waals surface area (Å²) < 4.78 is 14.0. The second-order valence-corrected chi connectivity index (χ2v) is 9.70. The third-order valence-electron chi connectivity index (χ3n) is 7.51. The number of carbonyl (C=O) groups excluding carboxylic acids is 1. The molecule has 1 fully saturated rings. The predicted octanol–water partition coefficient (Wildman–Crippen LogP) is 5.50. The number of nitrogens with one attached hydrogen (secondary N) is 1. The van der Waals surface area contributed by atoms with Crippen molar-refractivity contribution in [2.45, 2.75) is 44.4 Å². The molecule has 2 bridgehead atoms. The van der Waals surface area contributed by atoms with Gasteiger partial charge in [0, 0.05) is 9.89 Å². The summed E-state index contributed by atoms with van der Waals surface area (Å²) in [6.45, 7) is 6.49. The topological polar surface area (TPSA) is 54.9 Å². The zero-order valence-electron chi connectivity index (χ0n) is 16.5. The second kappa shape index (κ2) is 5.85. The quantitative estimate of drug-likeness (QED) is 0.557. The predicted molar refractivity (Wildman–Crippen MR) is 114 cm³/mol. The van der Waals surface area contributed by atoms with Crippen LogP contribution in [0.25, 0.3) is 11.0 Å². The van der Waals surface area contributed by atoms with Gasteiger partial charge in [-0.15, -0.1) is 0 Å². The molecule has 0 saturated heterocycles. The fourth-order valence-electron chi connectivity index (χ4n) is 5.37. The maximum atomic E-state index is 13.8. The van der Waals surface area contributed by atoms with Gasteiger partial charge in [0.25, 0.3) is 0 Å². The molecule has 6 heteroatoms. The minimum absolute atomic E-state index is 0.109. The highest BCUT2D eigenvalue weighted by Crippen LogP contribution is 2.70. The molecule has 5 rings (SSSR count). The van der Waals surface area contributed by atoms with Gasteiger partial charge in [0.2, 0.25) is 5.91 Å². The number of benzene rings is 2. The lowest BCUT2D eigenvalue weighted by Gasteiger charge is -2.39. The van der Waals surface area contributed by atoms with E-state index >= 15 is 0 Å². The van der Waals surface area contributed by atoms with Gasteiger partial charge >= 0.3 is 0 Å². The van der Waals surface area contributed by atoms with Crippen molar-refractivity contribution in [2.75, 3.05) is 5.32 Å². The van der Waals surface area contributed by atoms with Gasteiger partial charge in [-0.3, -0.25) is 4.79 Å². The molecule has 1 aromatic heterocycles. The van der Waals surface area contributed by atoms with Crippen LogP contribution in [-0.2, 0) is 15.6 Å². The summed E-state index contributed by atoms with van der Waals surface area (Å²) in [5.41, 5.74) is 2.53. The number of halogens is 2. The SMILES string of the molecule is CC12CCC(C(=O)Nc3ccc(F)cc3Br)(c3nc4ccccc4nc31)C2(C)C. The van der Waals surface area contributed by atoms with Gasteiger partial charge in [0.05, 0.1) is 33.5 Å². The third kappa shape index (κ3) is 2.21. The number of amides is 1. The number of carbonyl (C=O) groups is 1. The van der Waals surface area contributed by atoms with Gasteiger partial charge < -0.3 is 5.32 Å². The van der Waals surface area contributed by atoms with Crippen molar-refractivity contribution < 1.29 is 9.18 Å². The van der Waals surface area contributed by atoms with E-state index < -0.39 is 5.41 Å². The fraction of sp³-hybridized carbons (Fsp3) is 0.348. The van der Waals surface area contributed by atoms with Crippen LogP contribution in [0.15, 0.2) is 46.9 Å². The molecule has 148 valence electrons. The largest absolute Gasteiger partial charge is 0.324 e. The number of anilines is 1. The van der Waals surface area contributed by atoms with E-state index in [4.69, 9.17) is 9.97 Å². The van der Waals surface area contributed by atoms with Crippen molar-refractivity contribution in [3.05, 3.63) is 64.1 Å². The monoisotopic (exact) mass is 453 g/mol. The van der Waals surface area contributed by atoms with Gasteiger partial charge in [-0.25, -0.2) is 14.4 Å². The molecule has 2 aliphatic rings. The molecule has 0 radical (unpaired) electrons. The van der Waals surface area contributed by atoms with Gasteiger partial charge in [-0.05, 0) is 64.5 Å². The molecule has 4 nitrogen and oxygen atoms in total. The summed E-state index contributed by atoms with van der Waals surface area (Å²) >= 11 is 3.35. The lowest BCUT2D eigenvalue weighted by Crippen LogP contribution is -2.48. The Labute approximate surface area is 177 Å². The standard InChI is InChI=1S/C23H21BrFN3O/c1-21(2)22(3)10-11-23(21,20(29)28-15-9-8-13(25)12-14(15)24)19-18(22)26-16-6-4-5-7-17(16)27-19/h4-9,12H,10-11H2,1-3H3,(H,28,29). The van der Waals surface area contributed by atoms with Crippen molar-refractivity contribution in [2.24, 2.45) is 5.41 Å². The van der Waals surface area contributed by atoms with Crippen molar-refractivity contribution in [1.29, 1.82) is 0 Å². The van der Waals surface area contributed by atoms with Gasteiger partial charge in [0.15, 0.2) is 0 Å². The van der Waals surface area contributed by atoms with Crippen LogP contribution in [0, 0.1) is 11.2 Å². The number of para-hydroxylation sites is 2. The highest BCUT2D eigenvalue weighted by Gasteiger charge is 2.73. The Hall–Kier alpha value is -2.34. The first-order valence-electron chi connectivity index (χ1n) is 9.75. The smallest absolute Gasteiger partial charge is 0.237 e. The van der Waals surface area contributed by atoms with E-state index in [1.807, 2.05) is 24.3 Å². The molecule has 2 aromatic carbocycles. The lowest BCUT2D eigenvalue weighted by atomic mass is 9.63. The molecule has 0 spiro atoms. The Morgan fingerprint density at radius 1 is 1.03 bits per heavy atom. The van der Waals surface area contributed by atoms with Crippen LogP contribution in [0.5, 0.6) is 0 Å². The number of hydrogen-bond acceptors (Lipinski definition) is 3. The molecular formula is C23H21BrFN3O. The molecule has 2 unspecified atom stereocenters. The van der Waals surface area contributed by atoms with E-state index in [9.17, 15) is 9.18 Å². The van der Waals surface area contributed by atoms with Gasteiger partial charge in [0.1, 0.15) is 5.82 Å². The van der Waals surface area contributed by atoms with Crippen molar-refractivity contribution >= 4 is 38.6 Å². The molecule has 2 atom stereocenters. The summed E-state index contributed by atoms with van der Waals surface area (Å²) in [4.78, 5) is 23.7. The Bertz CT molecular complexity index is 1190. The van der Waals surface area contributed by atoms with Crippen LogP contribution < -0.4 is 5.32 Å².